The Balaban J connectivity index is 2.11. The van der Waals surface area contributed by atoms with Crippen molar-refractivity contribution in [1.29, 1.82) is 0 Å². The lowest BCUT2D eigenvalue weighted by atomic mass is 10.1. The number of rotatable bonds is 12. The van der Waals surface area contributed by atoms with Gasteiger partial charge in [-0.1, -0.05) is 56.7 Å². The van der Waals surface area contributed by atoms with Gasteiger partial charge in [0.05, 0.1) is 0 Å². The van der Waals surface area contributed by atoms with Crippen LogP contribution in [0.25, 0.3) is 0 Å². The van der Waals surface area contributed by atoms with Crippen LogP contribution in [0.4, 0.5) is 0 Å². The monoisotopic (exact) mass is 424 g/mol. The molecule has 2 amide bonds. The Morgan fingerprint density at radius 1 is 1.03 bits per heavy atom. The van der Waals surface area contributed by atoms with Crippen molar-refractivity contribution in [3.63, 3.8) is 0 Å². The number of amides is 2. The van der Waals surface area contributed by atoms with E-state index in [9.17, 15) is 9.59 Å². The zero-order valence-electron chi connectivity index (χ0n) is 19.3. The first-order valence-corrected chi connectivity index (χ1v) is 11.3. The lowest BCUT2D eigenvalue weighted by Crippen LogP contribution is -2.51. The number of unbranched alkanes of at least 4 members (excludes halogenated alkanes) is 1. The van der Waals surface area contributed by atoms with Gasteiger partial charge in [0.25, 0.3) is 5.91 Å². The molecular weight excluding hydrogens is 388 g/mol. The van der Waals surface area contributed by atoms with E-state index < -0.39 is 6.04 Å². The van der Waals surface area contributed by atoms with Crippen LogP contribution in [0.1, 0.15) is 49.8 Å². The minimum Gasteiger partial charge on any atom is -0.484 e. The molecule has 5 heteroatoms. The molecule has 0 unspecified atom stereocenters. The van der Waals surface area contributed by atoms with Crippen LogP contribution in [0.5, 0.6) is 5.75 Å². The summed E-state index contributed by atoms with van der Waals surface area (Å²) in [6.45, 7) is 9.05. The number of ether oxygens (including phenoxy) is 1. The van der Waals surface area contributed by atoms with Crippen molar-refractivity contribution in [1.82, 2.24) is 10.2 Å². The van der Waals surface area contributed by atoms with Gasteiger partial charge in [0.15, 0.2) is 6.61 Å². The van der Waals surface area contributed by atoms with E-state index in [1.807, 2.05) is 63.2 Å². The summed E-state index contributed by atoms with van der Waals surface area (Å²) in [5.41, 5.74) is 3.31. The van der Waals surface area contributed by atoms with E-state index in [4.69, 9.17) is 4.74 Å². The highest BCUT2D eigenvalue weighted by atomic mass is 16.5. The van der Waals surface area contributed by atoms with E-state index in [1.54, 1.807) is 4.90 Å². The third-order valence-corrected chi connectivity index (χ3v) is 5.26. The second-order valence-corrected chi connectivity index (χ2v) is 8.00. The molecule has 0 aromatic heterocycles. The summed E-state index contributed by atoms with van der Waals surface area (Å²) in [5.74, 6) is 0.408. The van der Waals surface area contributed by atoms with Crippen LogP contribution in [-0.2, 0) is 16.0 Å². The number of nitrogens with one attached hydrogen (secondary N) is 1. The van der Waals surface area contributed by atoms with E-state index in [0.29, 0.717) is 31.7 Å². The Morgan fingerprint density at radius 2 is 1.71 bits per heavy atom. The fourth-order valence-corrected chi connectivity index (χ4v) is 3.65. The van der Waals surface area contributed by atoms with E-state index in [0.717, 1.165) is 29.5 Å². The first-order valence-electron chi connectivity index (χ1n) is 11.3. The van der Waals surface area contributed by atoms with Crippen LogP contribution in [-0.4, -0.2) is 42.5 Å². The van der Waals surface area contributed by atoms with Crippen LogP contribution >= 0.6 is 0 Å². The third kappa shape index (κ3) is 8.08. The lowest BCUT2D eigenvalue weighted by Gasteiger charge is -2.30. The molecule has 0 saturated heterocycles. The predicted octanol–water partition coefficient (Wildman–Crippen LogP) is 4.45. The highest BCUT2D eigenvalue weighted by Crippen LogP contribution is 2.17. The minimum absolute atomic E-state index is 0.0869. The van der Waals surface area contributed by atoms with E-state index in [-0.39, 0.29) is 18.4 Å². The normalized spacial score (nSPS) is 11.6. The first kappa shape index (κ1) is 24.4. The molecular formula is C26H36N2O3. The van der Waals surface area contributed by atoms with Crippen molar-refractivity contribution < 1.29 is 14.3 Å². The third-order valence-electron chi connectivity index (χ3n) is 5.26. The lowest BCUT2D eigenvalue weighted by molar-refractivity contribution is -0.142. The van der Waals surface area contributed by atoms with Gasteiger partial charge in [-0.05, 0) is 61.9 Å². The average Bonchev–Trinajstić information content (AvgIpc) is 2.75. The SMILES string of the molecule is CCCCNC(=O)[C@H](CC)N(CCc1ccccc1)C(=O)COc1cc(C)cc(C)c1. The minimum atomic E-state index is -0.504. The van der Waals surface area contributed by atoms with Gasteiger partial charge in [-0.3, -0.25) is 9.59 Å². The molecule has 0 saturated carbocycles. The Bertz CT molecular complexity index is 816. The Labute approximate surface area is 186 Å². The van der Waals surface area contributed by atoms with Crippen LogP contribution in [0.2, 0.25) is 0 Å². The first-order chi connectivity index (χ1) is 14.9. The molecule has 0 spiro atoms. The smallest absolute Gasteiger partial charge is 0.261 e. The molecule has 31 heavy (non-hydrogen) atoms. The highest BCUT2D eigenvalue weighted by Gasteiger charge is 2.28. The molecule has 0 aliphatic carbocycles. The van der Waals surface area contributed by atoms with Gasteiger partial charge in [0.2, 0.25) is 5.91 Å². The standard InChI is InChI=1S/C26H36N2O3/c1-5-7-14-27-26(30)24(6-2)28(15-13-22-11-9-8-10-12-22)25(29)19-31-23-17-20(3)16-21(4)18-23/h8-12,16-18,24H,5-7,13-15,19H2,1-4H3,(H,27,30)/t24-/m0/s1. The van der Waals surface area contributed by atoms with Crippen molar-refractivity contribution in [3.8, 4) is 5.75 Å². The zero-order chi connectivity index (χ0) is 22.6. The van der Waals surface area contributed by atoms with Gasteiger partial charge < -0.3 is 15.0 Å². The van der Waals surface area contributed by atoms with E-state index in [2.05, 4.69) is 18.3 Å². The Hall–Kier alpha value is -2.82. The summed E-state index contributed by atoms with van der Waals surface area (Å²) in [6, 6.07) is 15.4. The summed E-state index contributed by atoms with van der Waals surface area (Å²) >= 11 is 0. The van der Waals surface area contributed by atoms with Gasteiger partial charge in [-0.2, -0.15) is 0 Å². The molecule has 2 aromatic carbocycles. The molecule has 0 aliphatic heterocycles. The number of carbonyl (C=O) groups excluding carboxylic acids is 2. The highest BCUT2D eigenvalue weighted by molar-refractivity contribution is 5.88. The molecule has 2 aromatic rings. The average molecular weight is 425 g/mol. The predicted molar refractivity (Wildman–Crippen MR) is 125 cm³/mol. The molecule has 5 nitrogen and oxygen atoms in total. The van der Waals surface area contributed by atoms with Crippen LogP contribution in [0.3, 0.4) is 0 Å². The summed E-state index contributed by atoms with van der Waals surface area (Å²) in [5, 5.41) is 2.98. The summed E-state index contributed by atoms with van der Waals surface area (Å²) in [4.78, 5) is 27.7. The van der Waals surface area contributed by atoms with Crippen molar-refractivity contribution in [2.75, 3.05) is 19.7 Å². The quantitative estimate of drug-likeness (QED) is 0.512. The second kappa shape index (κ2) is 12.8. The molecule has 0 aliphatic rings. The summed E-state index contributed by atoms with van der Waals surface area (Å²) in [7, 11) is 0. The number of nitrogens with zero attached hydrogens (tertiary/aromatic N) is 1. The molecule has 0 fully saturated rings. The zero-order valence-corrected chi connectivity index (χ0v) is 19.3. The van der Waals surface area contributed by atoms with Gasteiger partial charge in [-0.25, -0.2) is 0 Å². The number of carbonyl (C=O) groups is 2. The van der Waals surface area contributed by atoms with Crippen LogP contribution in [0, 0.1) is 13.8 Å². The molecule has 1 N–H and O–H groups in total. The molecule has 0 heterocycles. The molecule has 1 atom stereocenters. The second-order valence-electron chi connectivity index (χ2n) is 8.00. The van der Waals surface area contributed by atoms with Crippen molar-refractivity contribution in [2.24, 2.45) is 0 Å². The molecule has 2 rings (SSSR count). The number of benzene rings is 2. The van der Waals surface area contributed by atoms with Crippen molar-refractivity contribution >= 4 is 11.8 Å². The Kier molecular flexibility index (Phi) is 10.1. The maximum Gasteiger partial charge on any atom is 0.261 e. The van der Waals surface area contributed by atoms with Gasteiger partial charge in [0.1, 0.15) is 11.8 Å². The fourth-order valence-electron chi connectivity index (χ4n) is 3.65. The topological polar surface area (TPSA) is 58.6 Å². The number of aryl methyl sites for hydroxylation is 2. The summed E-state index contributed by atoms with van der Waals surface area (Å²) < 4.78 is 5.81. The van der Waals surface area contributed by atoms with Crippen molar-refractivity contribution in [2.45, 2.75) is 59.4 Å². The Morgan fingerprint density at radius 3 is 2.32 bits per heavy atom. The molecule has 0 radical (unpaired) electrons. The van der Waals surface area contributed by atoms with Crippen molar-refractivity contribution in [3.05, 3.63) is 65.2 Å². The maximum absolute atomic E-state index is 13.2. The van der Waals surface area contributed by atoms with Crippen LogP contribution < -0.4 is 10.1 Å². The number of hydrogen-bond acceptors (Lipinski definition) is 3. The molecule has 168 valence electrons. The van der Waals surface area contributed by atoms with E-state index in [1.165, 1.54) is 0 Å². The van der Waals surface area contributed by atoms with Gasteiger partial charge >= 0.3 is 0 Å². The number of hydrogen-bond donors (Lipinski definition) is 1. The largest absolute Gasteiger partial charge is 0.484 e. The van der Waals surface area contributed by atoms with Gasteiger partial charge in [0, 0.05) is 13.1 Å². The summed E-state index contributed by atoms with van der Waals surface area (Å²) in [6.07, 6.45) is 3.18. The fraction of sp³-hybridized carbons (Fsp3) is 0.462. The maximum atomic E-state index is 13.2. The van der Waals surface area contributed by atoms with Gasteiger partial charge in [-0.15, -0.1) is 0 Å². The molecule has 0 bridgehead atoms. The van der Waals surface area contributed by atoms with E-state index >= 15 is 0 Å². The van der Waals surface area contributed by atoms with Crippen LogP contribution in [0.15, 0.2) is 48.5 Å².